The molecule has 0 heterocycles. The molecule has 4 nitrogen and oxygen atoms in total. The van der Waals surface area contributed by atoms with Crippen LogP contribution in [-0.2, 0) is 5.60 Å². The Kier molecular flexibility index (Phi) is 4.28. The average molecular weight is 327 g/mol. The summed E-state index contributed by atoms with van der Waals surface area (Å²) >= 11 is 0. The Labute approximate surface area is 122 Å². The summed E-state index contributed by atoms with van der Waals surface area (Å²) < 4.78 is 66.0. The van der Waals surface area contributed by atoms with Crippen molar-refractivity contribution in [3.8, 4) is 0 Å². The zero-order chi connectivity index (χ0) is 17.6. The Morgan fingerprint density at radius 1 is 1.00 bits per heavy atom. The monoisotopic (exact) mass is 327 g/mol. The first-order valence-corrected chi connectivity index (χ1v) is 6.08. The fourth-order valence-corrected chi connectivity index (χ4v) is 2.11. The smallest absolute Gasteiger partial charge is 0.378 e. The summed E-state index contributed by atoms with van der Waals surface area (Å²) in [5.74, 6) is -5.45. The molecule has 1 aromatic carbocycles. The van der Waals surface area contributed by atoms with E-state index in [9.17, 15) is 37.2 Å². The van der Waals surface area contributed by atoms with Crippen LogP contribution in [-0.4, -0.2) is 22.1 Å². The Morgan fingerprint density at radius 3 is 1.68 bits per heavy atom. The molecule has 0 saturated heterocycles. The first kappa shape index (κ1) is 18.3. The van der Waals surface area contributed by atoms with Crippen molar-refractivity contribution in [1.29, 1.82) is 0 Å². The fourth-order valence-electron chi connectivity index (χ4n) is 2.11. The van der Waals surface area contributed by atoms with Crippen LogP contribution in [0.5, 0.6) is 0 Å². The maximum atomic E-state index is 13.9. The molecule has 1 atom stereocenters. The lowest BCUT2D eigenvalue weighted by Crippen LogP contribution is -2.61. The highest BCUT2D eigenvalue weighted by Crippen LogP contribution is 2.56. The van der Waals surface area contributed by atoms with Crippen LogP contribution in [0.1, 0.15) is 26.3 Å². The minimum atomic E-state index is -5.99. The van der Waals surface area contributed by atoms with Crippen molar-refractivity contribution in [1.82, 2.24) is 0 Å². The number of nitrogens with zero attached hydrogens (tertiary/aromatic N) is 1. The number of non-ortho nitro benzene ring substituents is 1. The molecule has 0 saturated carbocycles. The maximum absolute atomic E-state index is 13.9. The van der Waals surface area contributed by atoms with Crippen LogP contribution in [0.15, 0.2) is 24.3 Å². The maximum Gasteiger partial charge on any atom is 0.456 e. The van der Waals surface area contributed by atoms with Gasteiger partial charge in [-0.05, 0) is 17.7 Å². The van der Waals surface area contributed by atoms with Crippen molar-refractivity contribution < 1.29 is 32.0 Å². The van der Waals surface area contributed by atoms with Crippen molar-refractivity contribution in [2.75, 3.05) is 0 Å². The van der Waals surface area contributed by atoms with Gasteiger partial charge in [-0.2, -0.15) is 22.0 Å². The average Bonchev–Trinajstić information content (AvgIpc) is 2.34. The largest absolute Gasteiger partial charge is 0.456 e. The van der Waals surface area contributed by atoms with E-state index in [2.05, 4.69) is 0 Å². The number of hydrogen-bond donors (Lipinski definition) is 1. The van der Waals surface area contributed by atoms with Gasteiger partial charge in [0.05, 0.1) is 4.92 Å². The number of alkyl halides is 5. The summed E-state index contributed by atoms with van der Waals surface area (Å²) in [7, 11) is 0. The molecule has 1 unspecified atom stereocenters. The third-order valence-corrected chi connectivity index (χ3v) is 3.39. The zero-order valence-electron chi connectivity index (χ0n) is 11.9. The molecule has 1 aromatic rings. The van der Waals surface area contributed by atoms with Crippen LogP contribution in [0.3, 0.4) is 0 Å². The Balaban J connectivity index is 3.58. The van der Waals surface area contributed by atoms with E-state index in [1.165, 1.54) is 0 Å². The number of nitro groups is 1. The van der Waals surface area contributed by atoms with E-state index in [4.69, 9.17) is 0 Å². The first-order chi connectivity index (χ1) is 9.66. The lowest BCUT2D eigenvalue weighted by molar-refractivity contribution is -0.385. The van der Waals surface area contributed by atoms with Gasteiger partial charge in [-0.1, -0.05) is 20.8 Å². The number of aliphatic hydroxyl groups is 1. The van der Waals surface area contributed by atoms with Crippen LogP contribution in [0, 0.1) is 15.5 Å². The second-order valence-corrected chi connectivity index (χ2v) is 5.84. The van der Waals surface area contributed by atoms with E-state index in [1.54, 1.807) is 0 Å². The van der Waals surface area contributed by atoms with Gasteiger partial charge in [0.25, 0.3) is 5.69 Å². The predicted octanol–water partition coefficient (Wildman–Crippen LogP) is 4.03. The third-order valence-electron chi connectivity index (χ3n) is 3.39. The molecule has 1 rings (SSSR count). The molecule has 124 valence electrons. The molecule has 22 heavy (non-hydrogen) atoms. The number of halogens is 5. The van der Waals surface area contributed by atoms with Gasteiger partial charge in [-0.3, -0.25) is 10.1 Å². The van der Waals surface area contributed by atoms with E-state index in [-0.39, 0.29) is 0 Å². The van der Waals surface area contributed by atoms with Crippen LogP contribution in [0.2, 0.25) is 0 Å². The van der Waals surface area contributed by atoms with Gasteiger partial charge in [0.2, 0.25) is 0 Å². The van der Waals surface area contributed by atoms with Gasteiger partial charge in [-0.15, -0.1) is 0 Å². The normalized spacial score (nSPS) is 16.2. The molecular formula is C13H14F5NO3. The predicted molar refractivity (Wildman–Crippen MR) is 67.5 cm³/mol. The molecule has 0 aliphatic carbocycles. The first-order valence-electron chi connectivity index (χ1n) is 6.08. The molecule has 0 bridgehead atoms. The van der Waals surface area contributed by atoms with Crippen LogP contribution in [0.4, 0.5) is 27.6 Å². The van der Waals surface area contributed by atoms with Gasteiger partial charge >= 0.3 is 12.1 Å². The number of nitro benzene ring substituents is 1. The van der Waals surface area contributed by atoms with Crippen molar-refractivity contribution in [3.05, 3.63) is 39.9 Å². The minimum absolute atomic E-state index is 0.490. The number of rotatable bonds is 3. The van der Waals surface area contributed by atoms with E-state index < -0.39 is 39.3 Å². The molecule has 0 spiro atoms. The van der Waals surface area contributed by atoms with Gasteiger partial charge in [0, 0.05) is 17.5 Å². The molecular weight excluding hydrogens is 313 g/mol. The van der Waals surface area contributed by atoms with Crippen LogP contribution < -0.4 is 0 Å². The number of hydrogen-bond acceptors (Lipinski definition) is 3. The van der Waals surface area contributed by atoms with Gasteiger partial charge in [-0.25, -0.2) is 0 Å². The summed E-state index contributed by atoms with van der Waals surface area (Å²) in [6.45, 7) is 3.07. The van der Waals surface area contributed by atoms with E-state index in [1.807, 2.05) is 0 Å². The van der Waals surface area contributed by atoms with Crippen molar-refractivity contribution in [3.63, 3.8) is 0 Å². The second-order valence-electron chi connectivity index (χ2n) is 5.84. The summed E-state index contributed by atoms with van der Waals surface area (Å²) in [4.78, 5) is 9.70. The Hall–Kier alpha value is -1.77. The van der Waals surface area contributed by atoms with E-state index >= 15 is 0 Å². The molecule has 0 amide bonds. The highest BCUT2D eigenvalue weighted by Gasteiger charge is 2.73. The lowest BCUT2D eigenvalue weighted by Gasteiger charge is -2.45. The van der Waals surface area contributed by atoms with Crippen molar-refractivity contribution in [2.45, 2.75) is 38.5 Å². The summed E-state index contributed by atoms with van der Waals surface area (Å²) in [6, 6.07) is 2.92. The summed E-state index contributed by atoms with van der Waals surface area (Å²) in [6.07, 6.45) is -5.99. The van der Waals surface area contributed by atoms with Crippen LogP contribution in [0.25, 0.3) is 0 Å². The SMILES string of the molecule is CC(C)(C)C(O)(c1ccc([N+](=O)[O-])cc1)C(F)(F)C(F)(F)F. The highest BCUT2D eigenvalue weighted by atomic mass is 19.4. The number of benzene rings is 1. The summed E-state index contributed by atoms with van der Waals surface area (Å²) in [5, 5.41) is 20.8. The third kappa shape index (κ3) is 2.65. The topological polar surface area (TPSA) is 63.4 Å². The lowest BCUT2D eigenvalue weighted by atomic mass is 9.68. The van der Waals surface area contributed by atoms with E-state index in [0.717, 1.165) is 32.9 Å². The zero-order valence-corrected chi connectivity index (χ0v) is 11.9. The minimum Gasteiger partial charge on any atom is -0.378 e. The molecule has 0 aromatic heterocycles. The second kappa shape index (κ2) is 5.15. The Bertz CT molecular complexity index is 563. The molecule has 0 aliphatic heterocycles. The van der Waals surface area contributed by atoms with Gasteiger partial charge < -0.3 is 5.11 Å². The fraction of sp³-hybridized carbons (Fsp3) is 0.538. The quantitative estimate of drug-likeness (QED) is 0.518. The van der Waals surface area contributed by atoms with Crippen LogP contribution >= 0.6 is 0 Å². The Morgan fingerprint density at radius 2 is 1.41 bits per heavy atom. The van der Waals surface area contributed by atoms with Crippen molar-refractivity contribution >= 4 is 5.69 Å². The highest BCUT2D eigenvalue weighted by molar-refractivity contribution is 5.38. The molecule has 0 aliphatic rings. The molecule has 0 radical (unpaired) electrons. The van der Waals surface area contributed by atoms with Crippen molar-refractivity contribution in [2.24, 2.45) is 5.41 Å². The standard InChI is InChI=1S/C13H14F5NO3/c1-10(2,3)11(20,12(14,15)13(16,17)18)8-4-6-9(7-5-8)19(21)22/h4-7,20H,1-3H3. The van der Waals surface area contributed by atoms with E-state index in [0.29, 0.717) is 12.1 Å². The molecule has 1 N–H and O–H groups in total. The van der Waals surface area contributed by atoms with Gasteiger partial charge in [0.15, 0.2) is 5.60 Å². The molecule has 0 fully saturated rings. The molecule has 9 heteroatoms. The summed E-state index contributed by atoms with van der Waals surface area (Å²) in [5.41, 5.74) is -6.74. The van der Waals surface area contributed by atoms with Gasteiger partial charge in [0.1, 0.15) is 0 Å².